The summed E-state index contributed by atoms with van der Waals surface area (Å²) in [5.41, 5.74) is 4.41. The van der Waals surface area contributed by atoms with Crippen LogP contribution in [0, 0.1) is 0 Å². The quantitative estimate of drug-likeness (QED) is 0.807. The number of anilines is 1. The highest BCUT2D eigenvalue weighted by Crippen LogP contribution is 2.21. The molecule has 1 amide bonds. The number of aliphatic hydroxyl groups excluding tert-OH is 1. The Morgan fingerprint density at radius 1 is 1.19 bits per heavy atom. The van der Waals surface area contributed by atoms with Crippen LogP contribution >= 0.6 is 0 Å². The zero-order valence-corrected chi connectivity index (χ0v) is 11.7. The van der Waals surface area contributed by atoms with Crippen LogP contribution in [-0.2, 0) is 19.6 Å². The molecular weight excluding hydrogens is 264 g/mol. The number of hydrogen-bond donors (Lipinski definition) is 3. The first-order chi connectivity index (χ1) is 10.3. The van der Waals surface area contributed by atoms with Crippen molar-refractivity contribution >= 4 is 11.6 Å². The fourth-order valence-electron chi connectivity index (χ4n) is 2.71. The van der Waals surface area contributed by atoms with E-state index in [1.807, 2.05) is 24.3 Å². The highest BCUT2D eigenvalue weighted by atomic mass is 16.3. The van der Waals surface area contributed by atoms with Crippen molar-refractivity contribution in [3.8, 4) is 0 Å². The Morgan fingerprint density at radius 3 is 2.90 bits per heavy atom. The summed E-state index contributed by atoms with van der Waals surface area (Å²) < 4.78 is 0. The lowest BCUT2D eigenvalue weighted by Gasteiger charge is -2.20. The molecule has 108 valence electrons. The zero-order chi connectivity index (χ0) is 14.7. The second-order valence-electron chi connectivity index (χ2n) is 5.14. The highest BCUT2D eigenvalue weighted by Gasteiger charge is 2.17. The average Bonchev–Trinajstić information content (AvgIpc) is 2.54. The fraction of sp³-hybridized carbons (Fsp3) is 0.235. The van der Waals surface area contributed by atoms with Gasteiger partial charge in [0.1, 0.15) is 0 Å². The molecule has 0 saturated carbocycles. The van der Waals surface area contributed by atoms with Gasteiger partial charge in [-0.25, -0.2) is 0 Å². The van der Waals surface area contributed by atoms with Crippen molar-refractivity contribution in [2.24, 2.45) is 0 Å². The van der Waals surface area contributed by atoms with Crippen LogP contribution in [0.5, 0.6) is 0 Å². The topological polar surface area (TPSA) is 61.4 Å². The summed E-state index contributed by atoms with van der Waals surface area (Å²) >= 11 is 0. The minimum atomic E-state index is -0.116. The lowest BCUT2D eigenvalue weighted by atomic mass is 9.95. The van der Waals surface area contributed by atoms with E-state index in [0.717, 1.165) is 36.2 Å². The monoisotopic (exact) mass is 282 g/mol. The molecule has 0 aliphatic carbocycles. The molecule has 1 aliphatic heterocycles. The van der Waals surface area contributed by atoms with E-state index < -0.39 is 0 Å². The lowest BCUT2D eigenvalue weighted by Crippen LogP contribution is -2.26. The van der Waals surface area contributed by atoms with Gasteiger partial charge in [-0.05, 0) is 36.2 Å². The number of rotatable bonds is 3. The van der Waals surface area contributed by atoms with Gasteiger partial charge in [-0.3, -0.25) is 4.79 Å². The Hall–Kier alpha value is -2.17. The summed E-state index contributed by atoms with van der Waals surface area (Å²) in [6.07, 6.45) is 0.862. The predicted molar refractivity (Wildman–Crippen MR) is 82.2 cm³/mol. The number of amides is 1. The molecular formula is C17H18N2O2. The molecule has 0 aromatic heterocycles. The summed E-state index contributed by atoms with van der Waals surface area (Å²) in [6.45, 7) is 1.61. The molecule has 0 unspecified atom stereocenters. The summed E-state index contributed by atoms with van der Waals surface area (Å²) in [4.78, 5) is 12.5. The van der Waals surface area contributed by atoms with Crippen molar-refractivity contribution in [2.45, 2.75) is 19.6 Å². The van der Waals surface area contributed by atoms with Crippen LogP contribution in [0.15, 0.2) is 42.5 Å². The Bertz CT molecular complexity index is 668. The van der Waals surface area contributed by atoms with Gasteiger partial charge in [-0.2, -0.15) is 0 Å². The number of nitrogens with one attached hydrogen (secondary N) is 2. The van der Waals surface area contributed by atoms with Gasteiger partial charge in [0.05, 0.1) is 6.61 Å². The molecule has 3 N–H and O–H groups in total. The molecule has 4 nitrogen and oxygen atoms in total. The smallest absolute Gasteiger partial charge is 0.255 e. The highest BCUT2D eigenvalue weighted by molar-refractivity contribution is 6.05. The Balaban J connectivity index is 1.89. The van der Waals surface area contributed by atoms with Gasteiger partial charge < -0.3 is 15.7 Å². The largest absolute Gasteiger partial charge is 0.392 e. The van der Waals surface area contributed by atoms with Crippen LogP contribution in [-0.4, -0.2) is 17.6 Å². The van der Waals surface area contributed by atoms with Crippen LogP contribution < -0.4 is 10.6 Å². The summed E-state index contributed by atoms with van der Waals surface area (Å²) in [7, 11) is 0. The molecule has 0 fully saturated rings. The molecule has 21 heavy (non-hydrogen) atoms. The Labute approximate surface area is 123 Å². The number of fused-ring (bicyclic) bond motifs is 1. The number of benzene rings is 2. The van der Waals surface area contributed by atoms with E-state index in [4.69, 9.17) is 0 Å². The molecule has 2 aromatic carbocycles. The van der Waals surface area contributed by atoms with E-state index in [0.29, 0.717) is 5.69 Å². The van der Waals surface area contributed by atoms with Gasteiger partial charge in [0.2, 0.25) is 0 Å². The fourth-order valence-corrected chi connectivity index (χ4v) is 2.71. The van der Waals surface area contributed by atoms with Crippen LogP contribution in [0.3, 0.4) is 0 Å². The molecule has 0 saturated heterocycles. The second kappa shape index (κ2) is 6.08. The Morgan fingerprint density at radius 2 is 2.05 bits per heavy atom. The van der Waals surface area contributed by atoms with E-state index >= 15 is 0 Å². The number of para-hydroxylation sites is 1. The van der Waals surface area contributed by atoms with Crippen molar-refractivity contribution in [3.05, 3.63) is 64.7 Å². The molecule has 2 aromatic rings. The molecule has 4 heteroatoms. The first kappa shape index (κ1) is 13.8. The van der Waals surface area contributed by atoms with Gasteiger partial charge >= 0.3 is 0 Å². The number of carbonyl (C=O) groups is 1. The van der Waals surface area contributed by atoms with Gasteiger partial charge in [-0.1, -0.05) is 30.3 Å². The standard InChI is InChI=1S/C17H18N2O2/c20-11-13-4-1-2-7-16(13)19-17(21)15-6-3-5-12-10-18-9-8-14(12)15/h1-7,18,20H,8-11H2,(H,19,21). The molecule has 0 spiro atoms. The molecule has 1 aliphatic rings. The number of aliphatic hydroxyl groups is 1. The van der Waals surface area contributed by atoms with E-state index in [2.05, 4.69) is 16.7 Å². The van der Waals surface area contributed by atoms with Crippen molar-refractivity contribution < 1.29 is 9.90 Å². The van der Waals surface area contributed by atoms with Gasteiger partial charge in [-0.15, -0.1) is 0 Å². The predicted octanol–water partition coefficient (Wildman–Crippen LogP) is 2.08. The third-order valence-electron chi connectivity index (χ3n) is 3.82. The van der Waals surface area contributed by atoms with Gasteiger partial charge in [0.25, 0.3) is 5.91 Å². The molecule has 0 atom stereocenters. The summed E-state index contributed by atoms with van der Waals surface area (Å²) in [6, 6.07) is 13.1. The van der Waals surface area contributed by atoms with Crippen molar-refractivity contribution in [2.75, 3.05) is 11.9 Å². The van der Waals surface area contributed by atoms with E-state index in [9.17, 15) is 9.90 Å². The van der Waals surface area contributed by atoms with Crippen molar-refractivity contribution in [1.29, 1.82) is 0 Å². The van der Waals surface area contributed by atoms with Crippen LogP contribution in [0.25, 0.3) is 0 Å². The number of hydrogen-bond acceptors (Lipinski definition) is 3. The van der Waals surface area contributed by atoms with Crippen LogP contribution in [0.2, 0.25) is 0 Å². The minimum Gasteiger partial charge on any atom is -0.392 e. The normalized spacial score (nSPS) is 13.6. The van der Waals surface area contributed by atoms with Gasteiger partial charge in [0.15, 0.2) is 0 Å². The average molecular weight is 282 g/mol. The SMILES string of the molecule is O=C(Nc1ccccc1CO)c1cccc2c1CCNC2. The number of carbonyl (C=O) groups excluding carboxylic acids is 1. The summed E-state index contributed by atoms with van der Waals surface area (Å²) in [5.74, 6) is -0.116. The van der Waals surface area contributed by atoms with Crippen LogP contribution in [0.4, 0.5) is 5.69 Å². The van der Waals surface area contributed by atoms with E-state index in [1.165, 1.54) is 5.56 Å². The van der Waals surface area contributed by atoms with Crippen LogP contribution in [0.1, 0.15) is 27.0 Å². The first-order valence-corrected chi connectivity index (χ1v) is 7.11. The Kier molecular flexibility index (Phi) is 3.99. The maximum Gasteiger partial charge on any atom is 0.255 e. The maximum absolute atomic E-state index is 12.5. The minimum absolute atomic E-state index is 0.0900. The first-order valence-electron chi connectivity index (χ1n) is 7.11. The van der Waals surface area contributed by atoms with E-state index in [-0.39, 0.29) is 12.5 Å². The third-order valence-corrected chi connectivity index (χ3v) is 3.82. The third kappa shape index (κ3) is 2.82. The zero-order valence-electron chi connectivity index (χ0n) is 11.7. The van der Waals surface area contributed by atoms with Crippen molar-refractivity contribution in [3.63, 3.8) is 0 Å². The molecule has 0 radical (unpaired) electrons. The van der Waals surface area contributed by atoms with Crippen molar-refractivity contribution in [1.82, 2.24) is 5.32 Å². The maximum atomic E-state index is 12.5. The molecule has 3 rings (SSSR count). The second-order valence-corrected chi connectivity index (χ2v) is 5.14. The molecule has 1 heterocycles. The lowest BCUT2D eigenvalue weighted by molar-refractivity contribution is 0.102. The molecule has 0 bridgehead atoms. The summed E-state index contributed by atoms with van der Waals surface area (Å²) in [5, 5.41) is 15.6. The van der Waals surface area contributed by atoms with E-state index in [1.54, 1.807) is 12.1 Å². The van der Waals surface area contributed by atoms with Gasteiger partial charge in [0, 0.05) is 23.4 Å².